The van der Waals surface area contributed by atoms with Crippen LogP contribution >= 0.6 is 0 Å². The molecule has 1 aromatic heterocycles. The third-order valence-electron chi connectivity index (χ3n) is 2.43. The zero-order valence-corrected chi connectivity index (χ0v) is 12.2. The zero-order chi connectivity index (χ0) is 14.5. The molecule has 0 amide bonds. The summed E-state index contributed by atoms with van der Waals surface area (Å²) in [4.78, 5) is 15.9. The first kappa shape index (κ1) is 15.6. The number of rotatable bonds is 7. The van der Waals surface area contributed by atoms with Gasteiger partial charge < -0.3 is 9.88 Å². The van der Waals surface area contributed by atoms with Crippen molar-refractivity contribution in [1.82, 2.24) is 14.3 Å². The molecular formula is C11H20N4O3S. The van der Waals surface area contributed by atoms with Gasteiger partial charge in [-0.1, -0.05) is 0 Å². The van der Waals surface area contributed by atoms with Gasteiger partial charge in [0.05, 0.1) is 6.26 Å². The fraction of sp³-hybridized carbons (Fsp3) is 0.636. The number of anilines is 1. The lowest BCUT2D eigenvalue weighted by atomic mass is 10.4. The van der Waals surface area contributed by atoms with Gasteiger partial charge >= 0.3 is 0 Å². The van der Waals surface area contributed by atoms with Crippen molar-refractivity contribution >= 4 is 15.8 Å². The number of nitrogens with one attached hydrogen (secondary N) is 2. The third kappa shape index (κ3) is 5.39. The molecule has 0 unspecified atom stereocenters. The monoisotopic (exact) mass is 288 g/mol. The predicted molar refractivity (Wildman–Crippen MR) is 74.8 cm³/mol. The van der Waals surface area contributed by atoms with Crippen LogP contribution in [0, 0.1) is 0 Å². The highest BCUT2D eigenvalue weighted by molar-refractivity contribution is 7.88. The maximum atomic E-state index is 12.0. The van der Waals surface area contributed by atoms with Gasteiger partial charge in [-0.05, 0) is 20.3 Å². The minimum absolute atomic E-state index is 0.0722. The van der Waals surface area contributed by atoms with E-state index in [4.69, 9.17) is 0 Å². The van der Waals surface area contributed by atoms with Crippen molar-refractivity contribution in [3.05, 3.63) is 22.7 Å². The molecule has 1 rings (SSSR count). The maximum Gasteiger partial charge on any atom is 0.293 e. The molecule has 0 saturated carbocycles. The van der Waals surface area contributed by atoms with Crippen LogP contribution in [0.3, 0.4) is 0 Å². The maximum absolute atomic E-state index is 12.0. The summed E-state index contributed by atoms with van der Waals surface area (Å²) in [7, 11) is -3.15. The Morgan fingerprint density at radius 1 is 1.37 bits per heavy atom. The summed E-state index contributed by atoms with van der Waals surface area (Å²) in [6.07, 6.45) is 4.90. The SMILES string of the molecule is CC(C)n1ccnc(NCCCNS(C)(=O)=O)c1=O. The summed E-state index contributed by atoms with van der Waals surface area (Å²) >= 11 is 0. The quantitative estimate of drug-likeness (QED) is 0.698. The summed E-state index contributed by atoms with van der Waals surface area (Å²) < 4.78 is 25.7. The van der Waals surface area contributed by atoms with E-state index < -0.39 is 10.0 Å². The molecule has 19 heavy (non-hydrogen) atoms. The first-order valence-corrected chi connectivity index (χ1v) is 7.96. The number of hydrogen-bond acceptors (Lipinski definition) is 5. The highest BCUT2D eigenvalue weighted by Crippen LogP contribution is 2.01. The molecule has 0 aliphatic rings. The molecule has 1 aromatic rings. The van der Waals surface area contributed by atoms with Crippen LogP contribution in [0.2, 0.25) is 0 Å². The number of nitrogens with zero attached hydrogens (tertiary/aromatic N) is 2. The fourth-order valence-electron chi connectivity index (χ4n) is 1.51. The Bertz CT molecular complexity index is 566. The summed E-state index contributed by atoms with van der Waals surface area (Å²) in [5.74, 6) is 0.288. The van der Waals surface area contributed by atoms with Gasteiger partial charge in [-0.3, -0.25) is 4.79 Å². The topological polar surface area (TPSA) is 93.1 Å². The minimum atomic E-state index is -3.15. The molecule has 8 heteroatoms. The Hall–Kier alpha value is -1.41. The second-order valence-electron chi connectivity index (χ2n) is 4.53. The standard InChI is InChI=1S/C11H20N4O3S/c1-9(2)15-8-7-13-10(11(15)16)12-5-4-6-14-19(3,17)18/h7-9,14H,4-6H2,1-3H3,(H,12,13). The molecule has 0 atom stereocenters. The van der Waals surface area contributed by atoms with E-state index in [1.165, 1.54) is 0 Å². The van der Waals surface area contributed by atoms with Crippen LogP contribution < -0.4 is 15.6 Å². The van der Waals surface area contributed by atoms with Gasteiger partial charge in [-0.15, -0.1) is 0 Å². The van der Waals surface area contributed by atoms with Crippen molar-refractivity contribution in [3.63, 3.8) is 0 Å². The van der Waals surface area contributed by atoms with Gasteiger partial charge in [-0.2, -0.15) is 0 Å². The van der Waals surface area contributed by atoms with E-state index in [1.54, 1.807) is 17.0 Å². The van der Waals surface area contributed by atoms with E-state index in [9.17, 15) is 13.2 Å². The molecule has 2 N–H and O–H groups in total. The molecule has 7 nitrogen and oxygen atoms in total. The van der Waals surface area contributed by atoms with Crippen molar-refractivity contribution in [2.45, 2.75) is 26.3 Å². The lowest BCUT2D eigenvalue weighted by Crippen LogP contribution is -2.27. The van der Waals surface area contributed by atoms with E-state index in [0.29, 0.717) is 19.5 Å². The van der Waals surface area contributed by atoms with Crippen LogP contribution in [0.5, 0.6) is 0 Å². The normalized spacial score (nSPS) is 11.8. The molecule has 0 aliphatic carbocycles. The first-order valence-electron chi connectivity index (χ1n) is 6.07. The minimum Gasteiger partial charge on any atom is -0.365 e. The Kier molecular flexibility index (Phi) is 5.49. The predicted octanol–water partition coefficient (Wildman–Crippen LogP) is 0.175. The van der Waals surface area contributed by atoms with Crippen molar-refractivity contribution in [3.8, 4) is 0 Å². The second-order valence-corrected chi connectivity index (χ2v) is 6.36. The lowest BCUT2D eigenvalue weighted by Gasteiger charge is -2.11. The molecular weight excluding hydrogens is 268 g/mol. The van der Waals surface area contributed by atoms with E-state index in [0.717, 1.165) is 6.26 Å². The highest BCUT2D eigenvalue weighted by atomic mass is 32.2. The fourth-order valence-corrected chi connectivity index (χ4v) is 2.02. The summed E-state index contributed by atoms with van der Waals surface area (Å²) in [5.41, 5.74) is -0.173. The number of sulfonamides is 1. The highest BCUT2D eigenvalue weighted by Gasteiger charge is 2.06. The van der Waals surface area contributed by atoms with Crippen molar-refractivity contribution in [2.75, 3.05) is 24.7 Å². The van der Waals surface area contributed by atoms with Gasteiger partial charge in [0.15, 0.2) is 5.82 Å². The Labute approximate surface area is 113 Å². The van der Waals surface area contributed by atoms with Gasteiger partial charge in [0.25, 0.3) is 5.56 Å². The average Bonchev–Trinajstić information content (AvgIpc) is 2.28. The molecule has 1 heterocycles. The largest absolute Gasteiger partial charge is 0.365 e. The summed E-state index contributed by atoms with van der Waals surface area (Å²) in [6.45, 7) is 4.65. The molecule has 0 radical (unpaired) electrons. The molecule has 0 spiro atoms. The molecule has 0 aliphatic heterocycles. The Morgan fingerprint density at radius 3 is 2.63 bits per heavy atom. The van der Waals surface area contributed by atoms with E-state index in [1.807, 2.05) is 13.8 Å². The van der Waals surface area contributed by atoms with Gasteiger partial charge in [-0.25, -0.2) is 18.1 Å². The van der Waals surface area contributed by atoms with Crippen molar-refractivity contribution in [1.29, 1.82) is 0 Å². The summed E-state index contributed by atoms with van der Waals surface area (Å²) in [5, 5.41) is 2.92. The lowest BCUT2D eigenvalue weighted by molar-refractivity contribution is 0.574. The van der Waals surface area contributed by atoms with Crippen LogP contribution in [0.1, 0.15) is 26.3 Å². The molecule has 0 saturated heterocycles. The molecule has 108 valence electrons. The smallest absolute Gasteiger partial charge is 0.293 e. The van der Waals surface area contributed by atoms with Gasteiger partial charge in [0.2, 0.25) is 10.0 Å². The van der Waals surface area contributed by atoms with E-state index >= 15 is 0 Å². The first-order chi connectivity index (χ1) is 8.81. The van der Waals surface area contributed by atoms with E-state index in [2.05, 4.69) is 15.0 Å². The Balaban J connectivity index is 2.51. The van der Waals surface area contributed by atoms with E-state index in [-0.39, 0.29) is 17.4 Å². The van der Waals surface area contributed by atoms with Crippen LogP contribution in [0.4, 0.5) is 5.82 Å². The van der Waals surface area contributed by atoms with Crippen LogP contribution in [0.15, 0.2) is 17.2 Å². The second kappa shape index (κ2) is 6.67. The van der Waals surface area contributed by atoms with Crippen LogP contribution in [-0.4, -0.2) is 37.3 Å². The molecule has 0 aromatic carbocycles. The van der Waals surface area contributed by atoms with Crippen molar-refractivity contribution < 1.29 is 8.42 Å². The van der Waals surface area contributed by atoms with Gasteiger partial charge in [0, 0.05) is 31.5 Å². The summed E-state index contributed by atoms with van der Waals surface area (Å²) in [6, 6.07) is 0.0722. The zero-order valence-electron chi connectivity index (χ0n) is 11.4. The molecule has 0 fully saturated rings. The van der Waals surface area contributed by atoms with Gasteiger partial charge in [0.1, 0.15) is 0 Å². The average molecular weight is 288 g/mol. The number of hydrogen-bond donors (Lipinski definition) is 2. The Morgan fingerprint density at radius 2 is 2.05 bits per heavy atom. The third-order valence-corrected chi connectivity index (χ3v) is 3.16. The van der Waals surface area contributed by atoms with Crippen molar-refractivity contribution in [2.24, 2.45) is 0 Å². The molecule has 0 bridgehead atoms. The number of aromatic nitrogens is 2. The van der Waals surface area contributed by atoms with Crippen LogP contribution in [-0.2, 0) is 10.0 Å². The van der Waals surface area contributed by atoms with Crippen LogP contribution in [0.25, 0.3) is 0 Å².